The maximum absolute atomic E-state index is 11.9. The van der Waals surface area contributed by atoms with Crippen LogP contribution in [0.5, 0.6) is 5.75 Å². The number of ether oxygens (including phenoxy) is 2. The number of nitrogens with zero attached hydrogens (tertiary/aromatic N) is 1. The highest BCUT2D eigenvalue weighted by atomic mass is 35.5. The molecule has 0 amide bonds. The van der Waals surface area contributed by atoms with E-state index in [9.17, 15) is 4.79 Å². The monoisotopic (exact) mass is 327 g/mol. The van der Waals surface area contributed by atoms with Crippen molar-refractivity contribution < 1.29 is 14.3 Å². The fourth-order valence-electron chi connectivity index (χ4n) is 2.11. The summed E-state index contributed by atoms with van der Waals surface area (Å²) in [4.78, 5) is 16.2. The van der Waals surface area contributed by atoms with Crippen molar-refractivity contribution in [3.8, 4) is 5.75 Å². The van der Waals surface area contributed by atoms with Gasteiger partial charge in [0.15, 0.2) is 5.70 Å². The lowest BCUT2D eigenvalue weighted by atomic mass is 10.2. The number of aliphatic imine (C=N–C) groups is 1. The van der Waals surface area contributed by atoms with Crippen molar-refractivity contribution >= 4 is 29.5 Å². The maximum Gasteiger partial charge on any atom is 0.363 e. The molecule has 0 spiro atoms. The van der Waals surface area contributed by atoms with Crippen molar-refractivity contribution in [2.24, 2.45) is 4.99 Å². The number of esters is 1. The van der Waals surface area contributed by atoms with Gasteiger partial charge in [0.25, 0.3) is 0 Å². The molecule has 0 aliphatic carbocycles. The summed E-state index contributed by atoms with van der Waals surface area (Å²) in [6.07, 6.45) is 1.67. The van der Waals surface area contributed by atoms with Crippen molar-refractivity contribution in [2.75, 3.05) is 6.61 Å². The first-order chi connectivity index (χ1) is 11.2. The minimum absolute atomic E-state index is 0.260. The van der Waals surface area contributed by atoms with Crippen LogP contribution < -0.4 is 4.74 Å². The Morgan fingerprint density at radius 2 is 1.83 bits per heavy atom. The molecule has 5 heteroatoms. The third-order valence-corrected chi connectivity index (χ3v) is 3.46. The normalized spacial score (nSPS) is 15.5. The van der Waals surface area contributed by atoms with Gasteiger partial charge < -0.3 is 9.47 Å². The number of hydrogen-bond donors (Lipinski definition) is 0. The molecule has 0 bridgehead atoms. The Bertz CT molecular complexity index is 777. The summed E-state index contributed by atoms with van der Waals surface area (Å²) in [7, 11) is 0. The topological polar surface area (TPSA) is 47.9 Å². The molecular weight excluding hydrogens is 314 g/mol. The molecule has 2 aromatic carbocycles. The Morgan fingerprint density at radius 3 is 2.48 bits per heavy atom. The maximum atomic E-state index is 11.9. The van der Waals surface area contributed by atoms with Crippen molar-refractivity contribution in [2.45, 2.75) is 6.92 Å². The molecule has 116 valence electrons. The van der Waals surface area contributed by atoms with E-state index in [0.717, 1.165) is 16.9 Å². The average molecular weight is 328 g/mol. The highest BCUT2D eigenvalue weighted by molar-refractivity contribution is 6.30. The van der Waals surface area contributed by atoms with Crippen molar-refractivity contribution in [1.29, 1.82) is 0 Å². The molecule has 0 unspecified atom stereocenters. The third-order valence-electron chi connectivity index (χ3n) is 3.21. The SMILES string of the molecule is CCOc1ccc(C2=N/C(=C\c3ccc(Cl)cc3)C(=O)O2)cc1. The lowest BCUT2D eigenvalue weighted by molar-refractivity contribution is -0.129. The van der Waals surface area contributed by atoms with E-state index in [-0.39, 0.29) is 5.70 Å². The van der Waals surface area contributed by atoms with Crippen LogP contribution in [0.4, 0.5) is 0 Å². The van der Waals surface area contributed by atoms with Crippen LogP contribution in [0.3, 0.4) is 0 Å². The minimum atomic E-state index is -0.469. The lowest BCUT2D eigenvalue weighted by Crippen LogP contribution is -2.05. The Hall–Kier alpha value is -2.59. The zero-order valence-electron chi connectivity index (χ0n) is 12.5. The van der Waals surface area contributed by atoms with Gasteiger partial charge in [-0.1, -0.05) is 23.7 Å². The van der Waals surface area contributed by atoms with Gasteiger partial charge in [-0.3, -0.25) is 0 Å². The molecule has 1 aliphatic rings. The van der Waals surface area contributed by atoms with E-state index in [1.165, 1.54) is 0 Å². The molecule has 0 N–H and O–H groups in total. The van der Waals surface area contributed by atoms with Crippen molar-refractivity contribution in [3.05, 3.63) is 70.4 Å². The van der Waals surface area contributed by atoms with Crippen LogP contribution in [0.15, 0.2) is 59.2 Å². The largest absolute Gasteiger partial charge is 0.494 e. The summed E-state index contributed by atoms with van der Waals surface area (Å²) in [5.41, 5.74) is 1.82. The predicted molar refractivity (Wildman–Crippen MR) is 89.7 cm³/mol. The minimum Gasteiger partial charge on any atom is -0.494 e. The summed E-state index contributed by atoms with van der Waals surface area (Å²) in [5, 5.41) is 0.639. The Kier molecular flexibility index (Phi) is 4.44. The van der Waals surface area contributed by atoms with E-state index < -0.39 is 5.97 Å². The molecule has 0 aromatic heterocycles. The molecule has 0 fully saturated rings. The number of carbonyl (C=O) groups excluding carboxylic acids is 1. The summed E-state index contributed by atoms with van der Waals surface area (Å²) in [5.74, 6) is 0.584. The average Bonchev–Trinajstić information content (AvgIpc) is 2.92. The number of halogens is 1. The predicted octanol–water partition coefficient (Wildman–Crippen LogP) is 4.08. The molecule has 1 aliphatic heterocycles. The van der Waals surface area contributed by atoms with Crippen LogP contribution in [0, 0.1) is 0 Å². The smallest absolute Gasteiger partial charge is 0.363 e. The number of hydrogen-bond acceptors (Lipinski definition) is 4. The quantitative estimate of drug-likeness (QED) is 0.628. The first-order valence-corrected chi connectivity index (χ1v) is 7.55. The summed E-state index contributed by atoms with van der Waals surface area (Å²) < 4.78 is 10.6. The molecular formula is C18H14ClNO3. The Labute approximate surface area is 139 Å². The Balaban J connectivity index is 1.84. The van der Waals surface area contributed by atoms with Crippen molar-refractivity contribution in [3.63, 3.8) is 0 Å². The molecule has 0 saturated heterocycles. The van der Waals surface area contributed by atoms with Crippen LogP contribution in [-0.2, 0) is 9.53 Å². The van der Waals surface area contributed by atoms with Crippen LogP contribution in [-0.4, -0.2) is 18.5 Å². The fraction of sp³-hybridized carbons (Fsp3) is 0.111. The summed E-state index contributed by atoms with van der Waals surface area (Å²) >= 11 is 5.85. The molecule has 1 heterocycles. The van der Waals surface area contributed by atoms with Gasteiger partial charge in [0.05, 0.1) is 6.61 Å². The Morgan fingerprint density at radius 1 is 1.13 bits per heavy atom. The third kappa shape index (κ3) is 3.60. The van der Waals surface area contributed by atoms with Gasteiger partial charge >= 0.3 is 5.97 Å². The van der Waals surface area contributed by atoms with Gasteiger partial charge in [0.1, 0.15) is 5.75 Å². The molecule has 0 radical (unpaired) electrons. The molecule has 3 rings (SSSR count). The zero-order chi connectivity index (χ0) is 16.2. The highest BCUT2D eigenvalue weighted by Gasteiger charge is 2.24. The van der Waals surface area contributed by atoms with Crippen LogP contribution in [0.25, 0.3) is 6.08 Å². The second-order valence-electron chi connectivity index (χ2n) is 4.84. The fourth-order valence-corrected chi connectivity index (χ4v) is 2.24. The molecule has 23 heavy (non-hydrogen) atoms. The van der Waals surface area contributed by atoms with Crippen LogP contribution >= 0.6 is 11.6 Å². The number of rotatable bonds is 4. The molecule has 4 nitrogen and oxygen atoms in total. The van der Waals surface area contributed by atoms with Gasteiger partial charge in [-0.25, -0.2) is 9.79 Å². The van der Waals surface area contributed by atoms with Gasteiger partial charge in [-0.15, -0.1) is 0 Å². The van der Waals surface area contributed by atoms with Crippen molar-refractivity contribution in [1.82, 2.24) is 0 Å². The van der Waals surface area contributed by atoms with Gasteiger partial charge in [-0.2, -0.15) is 0 Å². The number of carbonyl (C=O) groups is 1. The van der Waals surface area contributed by atoms with Gasteiger partial charge in [0, 0.05) is 10.6 Å². The standard InChI is InChI=1S/C18H14ClNO3/c1-2-22-15-9-5-13(6-10-15)17-20-16(18(21)23-17)11-12-3-7-14(19)8-4-12/h3-11H,2H2,1H3/b16-11-. The van der Waals surface area contributed by atoms with E-state index >= 15 is 0 Å². The highest BCUT2D eigenvalue weighted by Crippen LogP contribution is 2.21. The summed E-state index contributed by atoms with van der Waals surface area (Å²) in [6.45, 7) is 2.52. The molecule has 0 atom stereocenters. The van der Waals surface area contributed by atoms with E-state index in [4.69, 9.17) is 21.1 Å². The van der Waals surface area contributed by atoms with Gasteiger partial charge in [-0.05, 0) is 55.0 Å². The molecule has 0 saturated carbocycles. The van der Waals surface area contributed by atoms with E-state index in [1.807, 2.05) is 43.3 Å². The van der Waals surface area contributed by atoms with Gasteiger partial charge in [0.2, 0.25) is 5.90 Å². The first kappa shape index (κ1) is 15.3. The second-order valence-corrected chi connectivity index (χ2v) is 5.28. The van der Waals surface area contributed by atoms with Crippen LogP contribution in [0.1, 0.15) is 18.1 Å². The second kappa shape index (κ2) is 6.67. The van der Waals surface area contributed by atoms with E-state index in [0.29, 0.717) is 17.5 Å². The summed E-state index contributed by atoms with van der Waals surface area (Å²) in [6, 6.07) is 14.4. The first-order valence-electron chi connectivity index (χ1n) is 7.17. The lowest BCUT2D eigenvalue weighted by Gasteiger charge is -2.03. The number of benzene rings is 2. The zero-order valence-corrected chi connectivity index (χ0v) is 13.2. The van der Waals surface area contributed by atoms with Crippen LogP contribution in [0.2, 0.25) is 5.02 Å². The van der Waals surface area contributed by atoms with E-state index in [1.54, 1.807) is 18.2 Å². The molecule has 2 aromatic rings. The number of cyclic esters (lactones) is 1. The van der Waals surface area contributed by atoms with E-state index in [2.05, 4.69) is 4.99 Å².